The van der Waals surface area contributed by atoms with Gasteiger partial charge in [-0.1, -0.05) is 0 Å². The minimum atomic E-state index is 0. The molecule has 0 unspecified atom stereocenters. The third kappa shape index (κ3) is 104. The zero-order valence-electron chi connectivity index (χ0n) is 6.13. The molecular formula is H12AuN4Ti6. The Morgan fingerprint density at radius 1 is 0.273 bits per heavy atom. The number of hydrogen-bond acceptors (Lipinski definition) is 4. The van der Waals surface area contributed by atoms with Gasteiger partial charge in [0.15, 0.2) is 0 Å². The molecule has 0 aromatic heterocycles. The molecular weight excluding hydrogens is 540 g/mol. The molecule has 0 atom stereocenters. The minimum absolute atomic E-state index is 0. The van der Waals surface area contributed by atoms with Crippen LogP contribution in [0.2, 0.25) is 0 Å². The largest absolute Gasteiger partial charge is 0.344 e. The molecule has 0 aromatic rings. The molecule has 12 N–H and O–H groups in total. The van der Waals surface area contributed by atoms with E-state index in [2.05, 4.69) is 0 Å². The second-order valence-electron chi connectivity index (χ2n) is 0. The van der Waals surface area contributed by atoms with Crippen molar-refractivity contribution < 1.29 is 153 Å². The van der Waals surface area contributed by atoms with Gasteiger partial charge in [0.05, 0.1) is 0 Å². The van der Waals surface area contributed by atoms with Crippen LogP contribution in [0.1, 0.15) is 0 Å². The van der Waals surface area contributed by atoms with Gasteiger partial charge in [-0.2, -0.15) is 0 Å². The summed E-state index contributed by atoms with van der Waals surface area (Å²) in [6, 6.07) is 0. The molecule has 4 nitrogen and oxygen atoms in total. The van der Waals surface area contributed by atoms with E-state index in [0.29, 0.717) is 0 Å². The van der Waals surface area contributed by atoms with Gasteiger partial charge in [0.25, 0.3) is 0 Å². The molecule has 0 aliphatic heterocycles. The van der Waals surface area contributed by atoms with Crippen molar-refractivity contribution in [2.24, 2.45) is 0 Å². The summed E-state index contributed by atoms with van der Waals surface area (Å²) in [6.45, 7) is 0. The van der Waals surface area contributed by atoms with Crippen molar-refractivity contribution in [3.8, 4) is 0 Å². The first kappa shape index (κ1) is 148. The van der Waals surface area contributed by atoms with Crippen molar-refractivity contribution >= 4 is 0 Å². The maximum atomic E-state index is 0. The molecule has 1 radical (unpaired) electrons. The first-order valence-electron chi connectivity index (χ1n) is 0. The fourth-order valence-corrected chi connectivity index (χ4v) is 0. The van der Waals surface area contributed by atoms with Crippen LogP contribution in [0, 0.1) is 0 Å². The molecule has 0 fully saturated rings. The average molecular weight is 552 g/mol. The molecule has 67 valence electrons. The second-order valence-corrected chi connectivity index (χ2v) is 0. The minimum Gasteiger partial charge on any atom is -0.344 e. The third-order valence-electron chi connectivity index (χ3n) is 0. The summed E-state index contributed by atoms with van der Waals surface area (Å²) >= 11 is 0. The van der Waals surface area contributed by atoms with Gasteiger partial charge in [0.2, 0.25) is 0 Å². The molecule has 0 aromatic carbocycles. The van der Waals surface area contributed by atoms with Crippen LogP contribution in [0.5, 0.6) is 0 Å². The maximum absolute atomic E-state index is 0. The topological polar surface area (TPSA) is 140 Å². The normalized spacial score (nSPS) is 0. The molecule has 0 bridgehead atoms. The molecule has 11 heteroatoms. The summed E-state index contributed by atoms with van der Waals surface area (Å²) < 4.78 is 0. The SMILES string of the molecule is N.N.N.N.[Au].[Ti].[Ti].[Ti].[Ti].[Ti].[Ti]. The molecule has 11 heavy (non-hydrogen) atoms. The van der Waals surface area contributed by atoms with Gasteiger partial charge in [-0.05, 0) is 0 Å². The molecule has 0 spiro atoms. The Balaban J connectivity index is 0. The molecule has 0 saturated carbocycles. The smallest absolute Gasteiger partial charge is 0 e. The monoisotopic (exact) mass is 553 g/mol. The predicted octanol–water partition coefficient (Wildman–Crippen LogP) is 0.630. The van der Waals surface area contributed by atoms with Crippen molar-refractivity contribution in [2.45, 2.75) is 0 Å². The zero-order valence-corrected chi connectivity index (χ0v) is 17.7. The van der Waals surface area contributed by atoms with E-state index in [1.807, 2.05) is 0 Å². The Morgan fingerprint density at radius 2 is 0.273 bits per heavy atom. The van der Waals surface area contributed by atoms with Crippen molar-refractivity contribution in [3.05, 3.63) is 0 Å². The second kappa shape index (κ2) is 121. The van der Waals surface area contributed by atoms with Crippen LogP contribution in [0.4, 0.5) is 0 Å². The first-order chi connectivity index (χ1) is 0. The molecule has 0 aliphatic carbocycles. The van der Waals surface area contributed by atoms with Gasteiger partial charge in [0, 0.05) is 153 Å². The van der Waals surface area contributed by atoms with Crippen LogP contribution >= 0.6 is 0 Å². The van der Waals surface area contributed by atoms with Gasteiger partial charge in [-0.15, -0.1) is 0 Å². The predicted molar refractivity (Wildman–Crippen MR) is 20.1 cm³/mol. The molecule has 0 saturated heterocycles. The van der Waals surface area contributed by atoms with Crippen LogP contribution in [0.25, 0.3) is 0 Å². The zero-order chi connectivity index (χ0) is 0. The van der Waals surface area contributed by atoms with E-state index in [1.54, 1.807) is 0 Å². The maximum Gasteiger partial charge on any atom is 0 e. The van der Waals surface area contributed by atoms with E-state index >= 15 is 0 Å². The van der Waals surface area contributed by atoms with E-state index in [-0.39, 0.29) is 177 Å². The summed E-state index contributed by atoms with van der Waals surface area (Å²) in [5.74, 6) is 0. The molecule has 0 rings (SSSR count). The van der Waals surface area contributed by atoms with Gasteiger partial charge >= 0.3 is 0 Å². The fourth-order valence-electron chi connectivity index (χ4n) is 0. The third-order valence-corrected chi connectivity index (χ3v) is 0. The molecule has 0 aliphatic rings. The fraction of sp³-hybridized carbons (Fsp3) is 0. The summed E-state index contributed by atoms with van der Waals surface area (Å²) in [6.07, 6.45) is 0. The van der Waals surface area contributed by atoms with Gasteiger partial charge in [0.1, 0.15) is 0 Å². The van der Waals surface area contributed by atoms with Gasteiger partial charge in [-0.25, -0.2) is 0 Å². The first-order valence-corrected chi connectivity index (χ1v) is 0. The van der Waals surface area contributed by atoms with Crippen molar-refractivity contribution in [1.29, 1.82) is 0 Å². The summed E-state index contributed by atoms with van der Waals surface area (Å²) in [4.78, 5) is 0. The molecule has 0 amide bonds. The van der Waals surface area contributed by atoms with E-state index < -0.39 is 0 Å². The van der Waals surface area contributed by atoms with Crippen LogP contribution in [-0.4, -0.2) is 0 Å². The quantitative estimate of drug-likeness (QED) is 0.328. The van der Waals surface area contributed by atoms with Gasteiger partial charge < -0.3 is 24.6 Å². The summed E-state index contributed by atoms with van der Waals surface area (Å²) in [5, 5.41) is 0. The Morgan fingerprint density at radius 3 is 0.273 bits per heavy atom. The Bertz CT molecular complexity index is 14.5. The van der Waals surface area contributed by atoms with E-state index in [1.165, 1.54) is 0 Å². The van der Waals surface area contributed by atoms with Crippen LogP contribution in [0.15, 0.2) is 0 Å². The van der Waals surface area contributed by atoms with Crippen LogP contribution in [-0.2, 0) is 153 Å². The van der Waals surface area contributed by atoms with Crippen molar-refractivity contribution in [1.82, 2.24) is 24.6 Å². The number of rotatable bonds is 0. The van der Waals surface area contributed by atoms with Crippen molar-refractivity contribution in [3.63, 3.8) is 0 Å². The van der Waals surface area contributed by atoms with E-state index in [0.717, 1.165) is 0 Å². The van der Waals surface area contributed by atoms with E-state index in [4.69, 9.17) is 0 Å². The van der Waals surface area contributed by atoms with E-state index in [9.17, 15) is 0 Å². The Kier molecular flexibility index (Phi) is 1630. The summed E-state index contributed by atoms with van der Waals surface area (Å²) in [7, 11) is 0. The average Bonchev–Trinajstić information content (AvgIpc) is 0. The van der Waals surface area contributed by atoms with Crippen molar-refractivity contribution in [2.75, 3.05) is 0 Å². The number of hydrogen-bond donors (Lipinski definition) is 4. The Labute approximate surface area is 174 Å². The van der Waals surface area contributed by atoms with Crippen LogP contribution < -0.4 is 24.6 Å². The standard InChI is InChI=1S/Au.4H3N.6Ti/h;4*1H3;;;;;;. The Hall–Kier alpha value is 4.87. The van der Waals surface area contributed by atoms with Crippen LogP contribution in [0.3, 0.4) is 0 Å². The van der Waals surface area contributed by atoms with Gasteiger partial charge in [-0.3, -0.25) is 0 Å². The molecule has 0 heterocycles. The summed E-state index contributed by atoms with van der Waals surface area (Å²) in [5.41, 5.74) is 0.